The van der Waals surface area contributed by atoms with Crippen LogP contribution in [0.2, 0.25) is 0 Å². The number of hydrogen-bond donors (Lipinski definition) is 3. The molecule has 2 aromatic rings. The Bertz CT molecular complexity index is 939. The minimum absolute atomic E-state index is 0.0193. The maximum atomic E-state index is 12.1. The Labute approximate surface area is 186 Å². The van der Waals surface area contributed by atoms with Gasteiger partial charge in [-0.2, -0.15) is 0 Å². The summed E-state index contributed by atoms with van der Waals surface area (Å²) >= 11 is 0. The van der Waals surface area contributed by atoms with Crippen LogP contribution < -0.4 is 15.4 Å². The average molecular weight is 444 g/mol. The zero-order valence-electron chi connectivity index (χ0n) is 18.5. The van der Waals surface area contributed by atoms with Gasteiger partial charge in [0.05, 0.1) is 12.8 Å². The highest BCUT2D eigenvalue weighted by Gasteiger charge is 2.23. The molecule has 9 nitrogen and oxygen atoms in total. The first kappa shape index (κ1) is 24.5. The molecule has 0 radical (unpaired) electrons. The summed E-state index contributed by atoms with van der Waals surface area (Å²) in [7, 11) is 1.44. The third-order valence-electron chi connectivity index (χ3n) is 4.14. The first-order valence-corrected chi connectivity index (χ1v) is 9.94. The minimum Gasteiger partial charge on any atom is -0.495 e. The summed E-state index contributed by atoms with van der Waals surface area (Å²) in [4.78, 5) is 35.9. The number of alkyl carbamates (subject to hydrolysis) is 1. The molecule has 9 heteroatoms. The Morgan fingerprint density at radius 1 is 1.00 bits per heavy atom. The summed E-state index contributed by atoms with van der Waals surface area (Å²) in [5.74, 6) is -0.846. The predicted molar refractivity (Wildman–Crippen MR) is 118 cm³/mol. The molecule has 0 bridgehead atoms. The first-order chi connectivity index (χ1) is 15.1. The van der Waals surface area contributed by atoms with Crippen molar-refractivity contribution in [3.8, 4) is 5.75 Å². The molecule has 1 atom stereocenters. The highest BCUT2D eigenvalue weighted by Crippen LogP contribution is 2.27. The number of carboxylic acids is 1. The van der Waals surface area contributed by atoms with Crippen molar-refractivity contribution in [3.05, 3.63) is 59.7 Å². The van der Waals surface area contributed by atoms with Gasteiger partial charge in [0.15, 0.2) is 0 Å². The van der Waals surface area contributed by atoms with E-state index >= 15 is 0 Å². The molecule has 2 amide bonds. The molecule has 0 saturated heterocycles. The monoisotopic (exact) mass is 444 g/mol. The fraction of sp³-hybridized carbons (Fsp3) is 0.348. The van der Waals surface area contributed by atoms with E-state index in [0.29, 0.717) is 17.0 Å². The van der Waals surface area contributed by atoms with Crippen LogP contribution in [0.15, 0.2) is 48.5 Å². The van der Waals surface area contributed by atoms with Crippen molar-refractivity contribution in [2.45, 2.75) is 45.4 Å². The highest BCUT2D eigenvalue weighted by molar-refractivity contribution is 5.87. The number of carbonyl (C=O) groups is 3. The number of carbonyl (C=O) groups excluding carboxylic acids is 2. The molecule has 0 spiro atoms. The summed E-state index contributed by atoms with van der Waals surface area (Å²) < 4.78 is 15.6. The molecule has 0 heterocycles. The predicted octanol–water partition coefficient (Wildman–Crippen LogP) is 3.96. The summed E-state index contributed by atoms with van der Waals surface area (Å²) in [6.45, 7) is 5.23. The van der Waals surface area contributed by atoms with Crippen LogP contribution in [-0.2, 0) is 27.3 Å². The number of benzene rings is 2. The third kappa shape index (κ3) is 8.17. The first-order valence-electron chi connectivity index (χ1n) is 9.94. The van der Waals surface area contributed by atoms with Crippen LogP contribution in [0.3, 0.4) is 0 Å². The topological polar surface area (TPSA) is 123 Å². The van der Waals surface area contributed by atoms with Gasteiger partial charge >= 0.3 is 18.2 Å². The van der Waals surface area contributed by atoms with E-state index in [0.717, 1.165) is 5.56 Å². The quantitative estimate of drug-likeness (QED) is 0.563. The summed E-state index contributed by atoms with van der Waals surface area (Å²) in [5.41, 5.74) is 0.957. The van der Waals surface area contributed by atoms with Gasteiger partial charge in [-0.25, -0.2) is 14.4 Å². The van der Waals surface area contributed by atoms with E-state index < -0.39 is 29.8 Å². The van der Waals surface area contributed by atoms with E-state index in [1.807, 2.05) is 18.2 Å². The number of methoxy groups -OCH3 is 1. The van der Waals surface area contributed by atoms with Crippen molar-refractivity contribution in [2.75, 3.05) is 12.4 Å². The number of ether oxygens (including phenoxy) is 3. The number of hydrogen-bond acceptors (Lipinski definition) is 6. The molecular formula is C23H28N2O7. The zero-order chi connectivity index (χ0) is 23.7. The van der Waals surface area contributed by atoms with Crippen LogP contribution >= 0.6 is 0 Å². The Balaban J connectivity index is 2.05. The molecule has 2 aromatic carbocycles. The molecular weight excluding hydrogens is 416 g/mol. The number of anilines is 1. The molecule has 0 aliphatic heterocycles. The second-order valence-corrected chi connectivity index (χ2v) is 7.96. The van der Waals surface area contributed by atoms with Gasteiger partial charge in [-0.15, -0.1) is 0 Å². The van der Waals surface area contributed by atoms with Crippen molar-refractivity contribution >= 4 is 23.8 Å². The summed E-state index contributed by atoms with van der Waals surface area (Å²) in [5, 5.41) is 14.5. The van der Waals surface area contributed by atoms with Gasteiger partial charge in [-0.05, 0) is 44.0 Å². The minimum atomic E-state index is -1.24. The SMILES string of the molecule is COc1ccc(C[C@H](NC(=O)OCc2ccccc2)C(=O)O)cc1NC(=O)OC(C)(C)C. The molecule has 172 valence electrons. The molecule has 0 saturated carbocycles. The average Bonchev–Trinajstić information content (AvgIpc) is 2.71. The van der Waals surface area contributed by atoms with Crippen molar-refractivity contribution in [2.24, 2.45) is 0 Å². The van der Waals surface area contributed by atoms with Crippen molar-refractivity contribution < 1.29 is 33.7 Å². The van der Waals surface area contributed by atoms with Crippen molar-refractivity contribution in [1.82, 2.24) is 5.32 Å². The molecule has 0 aromatic heterocycles. The second-order valence-electron chi connectivity index (χ2n) is 7.96. The lowest BCUT2D eigenvalue weighted by atomic mass is 10.0. The number of aliphatic carboxylic acids is 1. The van der Waals surface area contributed by atoms with Gasteiger partial charge < -0.3 is 24.6 Å². The highest BCUT2D eigenvalue weighted by atomic mass is 16.6. The Hall–Kier alpha value is -3.75. The van der Waals surface area contributed by atoms with Crippen molar-refractivity contribution in [1.29, 1.82) is 0 Å². The maximum Gasteiger partial charge on any atom is 0.412 e. The van der Waals surface area contributed by atoms with E-state index in [1.165, 1.54) is 7.11 Å². The van der Waals surface area contributed by atoms with Crippen LogP contribution in [0.5, 0.6) is 5.75 Å². The second kappa shape index (κ2) is 11.0. The van der Waals surface area contributed by atoms with Gasteiger partial charge in [0.1, 0.15) is 24.0 Å². The van der Waals surface area contributed by atoms with E-state index in [4.69, 9.17) is 14.2 Å². The number of nitrogens with one attached hydrogen (secondary N) is 2. The molecule has 32 heavy (non-hydrogen) atoms. The normalized spacial score (nSPS) is 11.8. The van der Waals surface area contributed by atoms with Gasteiger partial charge in [0.25, 0.3) is 0 Å². The molecule has 0 aliphatic rings. The van der Waals surface area contributed by atoms with Gasteiger partial charge in [-0.1, -0.05) is 36.4 Å². The van der Waals surface area contributed by atoms with E-state index in [-0.39, 0.29) is 13.0 Å². The zero-order valence-corrected chi connectivity index (χ0v) is 18.5. The van der Waals surface area contributed by atoms with Crippen LogP contribution in [-0.4, -0.2) is 42.0 Å². The Morgan fingerprint density at radius 2 is 1.69 bits per heavy atom. The Kier molecular flexibility index (Phi) is 8.46. The third-order valence-corrected chi connectivity index (χ3v) is 4.14. The number of amides is 2. The van der Waals surface area contributed by atoms with Gasteiger partial charge in [-0.3, -0.25) is 5.32 Å². The smallest absolute Gasteiger partial charge is 0.412 e. The van der Waals surface area contributed by atoms with E-state index in [9.17, 15) is 19.5 Å². The number of carboxylic acid groups (broad SMARTS) is 1. The molecule has 0 unspecified atom stereocenters. The van der Waals surface area contributed by atoms with Crippen LogP contribution in [0.25, 0.3) is 0 Å². The standard InChI is InChI=1S/C23H28N2O7/c1-23(2,3)32-22(29)24-17-12-16(10-11-19(17)30-4)13-18(20(26)27)25-21(28)31-14-15-8-6-5-7-9-15/h5-12,18H,13-14H2,1-4H3,(H,24,29)(H,25,28)(H,26,27)/t18-/m0/s1. The van der Waals surface area contributed by atoms with Crippen molar-refractivity contribution in [3.63, 3.8) is 0 Å². The van der Waals surface area contributed by atoms with E-state index in [2.05, 4.69) is 10.6 Å². The fourth-order valence-corrected chi connectivity index (χ4v) is 2.74. The Morgan fingerprint density at radius 3 is 2.28 bits per heavy atom. The summed E-state index contributed by atoms with van der Waals surface area (Å²) in [6.07, 6.45) is -1.56. The molecule has 0 aliphatic carbocycles. The largest absolute Gasteiger partial charge is 0.495 e. The molecule has 3 N–H and O–H groups in total. The molecule has 0 fully saturated rings. The van der Waals surface area contributed by atoms with E-state index in [1.54, 1.807) is 51.1 Å². The van der Waals surface area contributed by atoms with Crippen LogP contribution in [0.1, 0.15) is 31.9 Å². The van der Waals surface area contributed by atoms with Gasteiger partial charge in [0, 0.05) is 6.42 Å². The maximum absolute atomic E-state index is 12.1. The van der Waals surface area contributed by atoms with Gasteiger partial charge in [0.2, 0.25) is 0 Å². The lowest BCUT2D eigenvalue weighted by molar-refractivity contribution is -0.139. The molecule has 2 rings (SSSR count). The number of rotatable bonds is 8. The lowest BCUT2D eigenvalue weighted by Gasteiger charge is -2.21. The van der Waals surface area contributed by atoms with Crippen LogP contribution in [0, 0.1) is 0 Å². The summed E-state index contributed by atoms with van der Waals surface area (Å²) in [6, 6.07) is 12.6. The lowest BCUT2D eigenvalue weighted by Crippen LogP contribution is -2.42. The van der Waals surface area contributed by atoms with Crippen LogP contribution in [0.4, 0.5) is 15.3 Å². The fourth-order valence-electron chi connectivity index (χ4n) is 2.74.